The van der Waals surface area contributed by atoms with Crippen LogP contribution in [0.2, 0.25) is 0 Å². The van der Waals surface area contributed by atoms with E-state index in [1.165, 1.54) is 0 Å². The Bertz CT molecular complexity index is 227. The fraction of sp³-hybridized carbons (Fsp3) is 0.900. The molecule has 0 aromatic heterocycles. The Morgan fingerprint density at radius 3 is 2.53 bits per heavy atom. The number of alkyl carbamates (subject to hydrolysis) is 1. The third-order valence-electron chi connectivity index (χ3n) is 2.29. The lowest BCUT2D eigenvalue weighted by Crippen LogP contribution is -2.48. The molecule has 1 rings (SSSR count). The standard InChI is InChI=1S/C10H20N2O3/c1-6-8(7(13)5-11-6)12-9(14)15-10(2,3)4/h6-8,11,13H,5H2,1-4H3,(H,12,14)/t6?,7?,8-/m0/s1. The van der Waals surface area contributed by atoms with Crippen LogP contribution in [0.15, 0.2) is 0 Å². The Balaban J connectivity index is 2.44. The Labute approximate surface area is 90.2 Å². The Morgan fingerprint density at radius 1 is 1.53 bits per heavy atom. The first-order chi connectivity index (χ1) is 6.79. The van der Waals surface area contributed by atoms with E-state index >= 15 is 0 Å². The fourth-order valence-electron chi connectivity index (χ4n) is 1.56. The number of amides is 1. The van der Waals surface area contributed by atoms with E-state index in [0.29, 0.717) is 6.54 Å². The zero-order valence-corrected chi connectivity index (χ0v) is 9.70. The summed E-state index contributed by atoms with van der Waals surface area (Å²) in [5, 5.41) is 15.3. The van der Waals surface area contributed by atoms with Crippen LogP contribution in [0.3, 0.4) is 0 Å². The van der Waals surface area contributed by atoms with Crippen LogP contribution >= 0.6 is 0 Å². The Morgan fingerprint density at radius 2 is 2.13 bits per heavy atom. The molecule has 0 aliphatic carbocycles. The molecular formula is C10H20N2O3. The Kier molecular flexibility index (Phi) is 3.57. The predicted molar refractivity (Wildman–Crippen MR) is 56.6 cm³/mol. The summed E-state index contributed by atoms with van der Waals surface area (Å²) < 4.78 is 5.11. The molecule has 3 N–H and O–H groups in total. The number of rotatable bonds is 1. The van der Waals surface area contributed by atoms with Gasteiger partial charge < -0.3 is 20.5 Å². The van der Waals surface area contributed by atoms with Gasteiger partial charge in [-0.2, -0.15) is 0 Å². The molecule has 5 heteroatoms. The molecule has 0 aromatic rings. The van der Waals surface area contributed by atoms with Crippen molar-refractivity contribution < 1.29 is 14.6 Å². The van der Waals surface area contributed by atoms with E-state index in [4.69, 9.17) is 4.74 Å². The van der Waals surface area contributed by atoms with E-state index < -0.39 is 17.8 Å². The summed E-state index contributed by atoms with van der Waals surface area (Å²) in [5.41, 5.74) is -0.510. The van der Waals surface area contributed by atoms with Gasteiger partial charge in [0.1, 0.15) is 5.60 Å². The molecular weight excluding hydrogens is 196 g/mol. The van der Waals surface area contributed by atoms with Gasteiger partial charge in [0, 0.05) is 12.6 Å². The number of aliphatic hydroxyl groups excluding tert-OH is 1. The molecule has 1 fully saturated rings. The maximum atomic E-state index is 11.4. The van der Waals surface area contributed by atoms with E-state index in [2.05, 4.69) is 10.6 Å². The molecule has 0 bridgehead atoms. The molecule has 1 amide bonds. The maximum Gasteiger partial charge on any atom is 0.408 e. The quantitative estimate of drug-likeness (QED) is 0.587. The monoisotopic (exact) mass is 216 g/mol. The lowest BCUT2D eigenvalue weighted by atomic mass is 10.1. The van der Waals surface area contributed by atoms with Crippen molar-refractivity contribution in [2.24, 2.45) is 0 Å². The molecule has 0 aromatic carbocycles. The van der Waals surface area contributed by atoms with Gasteiger partial charge >= 0.3 is 6.09 Å². The number of nitrogens with one attached hydrogen (secondary N) is 2. The number of β-amino-alcohol motifs (C(OH)–C–C–N with tert-alkyl or cyclic N) is 1. The normalized spacial score (nSPS) is 31.4. The number of aliphatic hydroxyl groups is 1. The topological polar surface area (TPSA) is 70.6 Å². The average molecular weight is 216 g/mol. The largest absolute Gasteiger partial charge is 0.444 e. The van der Waals surface area contributed by atoms with Gasteiger partial charge in [-0.15, -0.1) is 0 Å². The number of carbonyl (C=O) groups excluding carboxylic acids is 1. The van der Waals surface area contributed by atoms with Crippen LogP contribution in [-0.2, 0) is 4.74 Å². The number of hydrogen-bond acceptors (Lipinski definition) is 4. The Hall–Kier alpha value is -0.810. The summed E-state index contributed by atoms with van der Waals surface area (Å²) in [6.07, 6.45) is -1.03. The third-order valence-corrected chi connectivity index (χ3v) is 2.29. The van der Waals surface area contributed by atoms with Crippen LogP contribution in [-0.4, -0.2) is 41.5 Å². The molecule has 2 unspecified atom stereocenters. The molecule has 1 aliphatic rings. The van der Waals surface area contributed by atoms with Crippen molar-refractivity contribution in [1.29, 1.82) is 0 Å². The molecule has 15 heavy (non-hydrogen) atoms. The van der Waals surface area contributed by atoms with Crippen molar-refractivity contribution in [3.8, 4) is 0 Å². The summed E-state index contributed by atoms with van der Waals surface area (Å²) in [6, 6.07) is -0.215. The molecule has 88 valence electrons. The minimum Gasteiger partial charge on any atom is -0.444 e. The highest BCUT2D eigenvalue weighted by molar-refractivity contribution is 5.68. The van der Waals surface area contributed by atoms with Crippen LogP contribution < -0.4 is 10.6 Å². The zero-order valence-electron chi connectivity index (χ0n) is 9.70. The van der Waals surface area contributed by atoms with Crippen LogP contribution in [0.1, 0.15) is 27.7 Å². The molecule has 0 radical (unpaired) electrons. The first kappa shape index (κ1) is 12.3. The minimum absolute atomic E-state index is 0.0625. The van der Waals surface area contributed by atoms with E-state index in [1.54, 1.807) is 20.8 Å². The lowest BCUT2D eigenvalue weighted by molar-refractivity contribution is 0.0449. The molecule has 3 atom stereocenters. The van der Waals surface area contributed by atoms with E-state index in [1.807, 2.05) is 6.92 Å². The van der Waals surface area contributed by atoms with Gasteiger partial charge in [-0.1, -0.05) is 0 Å². The first-order valence-electron chi connectivity index (χ1n) is 5.20. The van der Waals surface area contributed by atoms with Gasteiger partial charge in [0.25, 0.3) is 0 Å². The van der Waals surface area contributed by atoms with Gasteiger partial charge in [-0.3, -0.25) is 0 Å². The second kappa shape index (κ2) is 4.37. The second-order valence-corrected chi connectivity index (χ2v) is 4.94. The van der Waals surface area contributed by atoms with Crippen LogP contribution in [0.25, 0.3) is 0 Å². The SMILES string of the molecule is CC1NCC(O)[C@H]1NC(=O)OC(C)(C)C. The van der Waals surface area contributed by atoms with Gasteiger partial charge in [-0.25, -0.2) is 4.79 Å². The highest BCUT2D eigenvalue weighted by Crippen LogP contribution is 2.10. The van der Waals surface area contributed by atoms with Crippen molar-refractivity contribution in [2.45, 2.75) is 51.5 Å². The van der Waals surface area contributed by atoms with Crippen molar-refractivity contribution in [3.05, 3.63) is 0 Å². The summed E-state index contributed by atoms with van der Waals surface area (Å²) >= 11 is 0. The molecule has 5 nitrogen and oxygen atoms in total. The summed E-state index contributed by atoms with van der Waals surface area (Å²) in [7, 11) is 0. The van der Waals surface area contributed by atoms with Crippen molar-refractivity contribution >= 4 is 6.09 Å². The van der Waals surface area contributed by atoms with Gasteiger partial charge in [0.15, 0.2) is 0 Å². The van der Waals surface area contributed by atoms with Crippen LogP contribution in [0.4, 0.5) is 4.79 Å². The summed E-state index contributed by atoms with van der Waals surface area (Å²) in [5.74, 6) is 0. The molecule has 1 saturated heterocycles. The number of ether oxygens (including phenoxy) is 1. The van der Waals surface area contributed by atoms with Crippen molar-refractivity contribution in [2.75, 3.05) is 6.54 Å². The molecule has 1 aliphatic heterocycles. The second-order valence-electron chi connectivity index (χ2n) is 4.94. The third kappa shape index (κ3) is 3.68. The van der Waals surface area contributed by atoms with Crippen molar-refractivity contribution in [1.82, 2.24) is 10.6 Å². The highest BCUT2D eigenvalue weighted by Gasteiger charge is 2.33. The van der Waals surface area contributed by atoms with Gasteiger partial charge in [0.2, 0.25) is 0 Å². The number of hydrogen-bond donors (Lipinski definition) is 3. The van der Waals surface area contributed by atoms with Crippen molar-refractivity contribution in [3.63, 3.8) is 0 Å². The zero-order chi connectivity index (χ0) is 11.6. The van der Waals surface area contributed by atoms with E-state index in [9.17, 15) is 9.90 Å². The summed E-state index contributed by atoms with van der Waals surface area (Å²) in [6.45, 7) is 7.83. The fourth-order valence-corrected chi connectivity index (χ4v) is 1.56. The van der Waals surface area contributed by atoms with Gasteiger partial charge in [-0.05, 0) is 27.7 Å². The predicted octanol–water partition coefficient (Wildman–Crippen LogP) is 0.232. The minimum atomic E-state index is -0.549. The molecule has 0 saturated carbocycles. The van der Waals surface area contributed by atoms with E-state index in [0.717, 1.165) is 0 Å². The van der Waals surface area contributed by atoms with Crippen LogP contribution in [0.5, 0.6) is 0 Å². The number of carbonyl (C=O) groups is 1. The highest BCUT2D eigenvalue weighted by atomic mass is 16.6. The lowest BCUT2D eigenvalue weighted by Gasteiger charge is -2.24. The molecule has 1 heterocycles. The first-order valence-corrected chi connectivity index (χ1v) is 5.20. The van der Waals surface area contributed by atoms with Crippen LogP contribution in [0, 0.1) is 0 Å². The average Bonchev–Trinajstić information content (AvgIpc) is 2.32. The van der Waals surface area contributed by atoms with E-state index in [-0.39, 0.29) is 12.1 Å². The summed E-state index contributed by atoms with van der Waals surface area (Å²) in [4.78, 5) is 11.4. The maximum absolute atomic E-state index is 11.4. The van der Waals surface area contributed by atoms with Gasteiger partial charge in [0.05, 0.1) is 12.1 Å². The smallest absolute Gasteiger partial charge is 0.408 e. The molecule has 0 spiro atoms.